The third kappa shape index (κ3) is 4.17. The fourth-order valence-corrected chi connectivity index (χ4v) is 3.18. The highest BCUT2D eigenvalue weighted by Crippen LogP contribution is 2.23. The summed E-state index contributed by atoms with van der Waals surface area (Å²) in [4.78, 5) is 41.5. The van der Waals surface area contributed by atoms with Gasteiger partial charge < -0.3 is 5.32 Å². The van der Waals surface area contributed by atoms with Crippen molar-refractivity contribution in [3.05, 3.63) is 24.0 Å². The van der Waals surface area contributed by atoms with Crippen molar-refractivity contribution in [2.75, 3.05) is 25.0 Å². The number of anilines is 1. The molecule has 1 atom stereocenters. The maximum absolute atomic E-state index is 12.1. The molecule has 7 heteroatoms. The number of hydrogen-bond donors (Lipinski definition) is 2. The molecule has 1 aromatic heterocycles. The van der Waals surface area contributed by atoms with Crippen LogP contribution in [-0.4, -0.2) is 47.2 Å². The highest BCUT2D eigenvalue weighted by Gasteiger charge is 2.28. The predicted octanol–water partition coefficient (Wildman–Crippen LogP) is 1.03. The fourth-order valence-electron chi connectivity index (χ4n) is 3.18. The topological polar surface area (TPSA) is 91.4 Å². The van der Waals surface area contributed by atoms with Crippen LogP contribution < -0.4 is 10.6 Å². The summed E-state index contributed by atoms with van der Waals surface area (Å²) < 4.78 is 0. The smallest absolute Gasteiger partial charge is 0.238 e. The minimum Gasteiger partial charge on any atom is -0.324 e. The summed E-state index contributed by atoms with van der Waals surface area (Å²) in [6.45, 7) is 2.34. The van der Waals surface area contributed by atoms with Gasteiger partial charge in [-0.2, -0.15) is 0 Å². The van der Waals surface area contributed by atoms with Gasteiger partial charge in [-0.25, -0.2) is 0 Å². The van der Waals surface area contributed by atoms with Crippen molar-refractivity contribution in [3.63, 3.8) is 0 Å². The zero-order valence-electron chi connectivity index (χ0n) is 13.6. The number of piperidine rings is 2. The van der Waals surface area contributed by atoms with E-state index in [2.05, 4.69) is 20.5 Å². The number of pyridine rings is 1. The molecule has 0 aliphatic carbocycles. The minimum absolute atomic E-state index is 0.0487. The van der Waals surface area contributed by atoms with Crippen molar-refractivity contribution in [1.29, 1.82) is 0 Å². The Labute approximate surface area is 140 Å². The standard InChI is InChI=1S/C17H22N4O3/c22-15-7-5-13(17(24)20-15)14-6-4-12(10-18-14)19-16(23)11-21-8-2-1-3-9-21/h4,6,10,13H,1-3,5,7-9,11H2,(H,19,23)(H,20,22,24). The van der Waals surface area contributed by atoms with Gasteiger partial charge in [-0.3, -0.25) is 29.6 Å². The zero-order chi connectivity index (χ0) is 16.9. The number of rotatable bonds is 4. The number of carbonyl (C=O) groups excluding carboxylic acids is 3. The predicted molar refractivity (Wildman–Crippen MR) is 88.3 cm³/mol. The molecule has 1 unspecified atom stereocenters. The van der Waals surface area contributed by atoms with E-state index in [0.29, 0.717) is 30.8 Å². The van der Waals surface area contributed by atoms with Gasteiger partial charge in [-0.15, -0.1) is 0 Å². The van der Waals surface area contributed by atoms with Crippen LogP contribution in [0.2, 0.25) is 0 Å². The molecule has 3 amide bonds. The summed E-state index contributed by atoms with van der Waals surface area (Å²) in [5.74, 6) is -0.994. The number of carbonyl (C=O) groups is 3. The van der Waals surface area contributed by atoms with Crippen molar-refractivity contribution >= 4 is 23.4 Å². The first-order chi connectivity index (χ1) is 11.6. The molecule has 2 saturated heterocycles. The number of likely N-dealkylation sites (tertiary alicyclic amines) is 1. The number of aromatic nitrogens is 1. The van der Waals surface area contributed by atoms with Crippen molar-refractivity contribution in [2.45, 2.75) is 38.0 Å². The number of nitrogens with zero attached hydrogens (tertiary/aromatic N) is 2. The second-order valence-corrected chi connectivity index (χ2v) is 6.36. The highest BCUT2D eigenvalue weighted by molar-refractivity contribution is 6.00. The Hall–Kier alpha value is -2.28. The van der Waals surface area contributed by atoms with Crippen molar-refractivity contribution in [1.82, 2.24) is 15.2 Å². The van der Waals surface area contributed by atoms with E-state index in [9.17, 15) is 14.4 Å². The molecule has 0 spiro atoms. The van der Waals surface area contributed by atoms with Crippen LogP contribution in [0.5, 0.6) is 0 Å². The van der Waals surface area contributed by atoms with Gasteiger partial charge in [0.25, 0.3) is 0 Å². The molecule has 2 aliphatic rings. The molecule has 3 rings (SSSR count). The molecule has 0 saturated carbocycles. The summed E-state index contributed by atoms with van der Waals surface area (Å²) in [5.41, 5.74) is 1.24. The van der Waals surface area contributed by atoms with Crippen LogP contribution in [0, 0.1) is 0 Å². The molecule has 128 valence electrons. The number of amides is 3. The average Bonchev–Trinajstić information content (AvgIpc) is 2.57. The lowest BCUT2D eigenvalue weighted by Gasteiger charge is -2.25. The number of imide groups is 1. The van der Waals surface area contributed by atoms with Gasteiger partial charge in [0.2, 0.25) is 17.7 Å². The molecule has 2 fully saturated rings. The van der Waals surface area contributed by atoms with Crippen LogP contribution in [0.15, 0.2) is 18.3 Å². The molecule has 0 bridgehead atoms. The molecular formula is C17H22N4O3. The van der Waals surface area contributed by atoms with Gasteiger partial charge in [0, 0.05) is 6.42 Å². The summed E-state index contributed by atoms with van der Waals surface area (Å²) >= 11 is 0. The van der Waals surface area contributed by atoms with Gasteiger partial charge in [-0.05, 0) is 44.5 Å². The van der Waals surface area contributed by atoms with E-state index in [1.807, 2.05) is 0 Å². The number of nitrogens with one attached hydrogen (secondary N) is 2. The quantitative estimate of drug-likeness (QED) is 0.805. The van der Waals surface area contributed by atoms with E-state index < -0.39 is 5.92 Å². The molecule has 7 nitrogen and oxygen atoms in total. The average molecular weight is 330 g/mol. The van der Waals surface area contributed by atoms with Crippen LogP contribution in [0.4, 0.5) is 5.69 Å². The van der Waals surface area contributed by atoms with Crippen LogP contribution in [0.25, 0.3) is 0 Å². The first-order valence-electron chi connectivity index (χ1n) is 8.43. The lowest BCUT2D eigenvalue weighted by molar-refractivity contribution is -0.134. The lowest BCUT2D eigenvalue weighted by atomic mass is 9.94. The van der Waals surface area contributed by atoms with Gasteiger partial charge in [0.15, 0.2) is 0 Å². The molecule has 1 aromatic rings. The normalized spacial score (nSPS) is 22.1. The fraction of sp³-hybridized carbons (Fsp3) is 0.529. The Morgan fingerprint density at radius 2 is 2.04 bits per heavy atom. The second kappa shape index (κ2) is 7.53. The minimum atomic E-state index is -0.402. The van der Waals surface area contributed by atoms with E-state index in [1.165, 1.54) is 6.42 Å². The maximum atomic E-state index is 12.1. The Balaban J connectivity index is 1.55. The summed E-state index contributed by atoms with van der Waals surface area (Å²) in [6, 6.07) is 3.48. The van der Waals surface area contributed by atoms with E-state index in [4.69, 9.17) is 0 Å². The lowest BCUT2D eigenvalue weighted by Crippen LogP contribution is -2.39. The third-order valence-electron chi connectivity index (χ3n) is 4.48. The monoisotopic (exact) mass is 330 g/mol. The van der Waals surface area contributed by atoms with Crippen LogP contribution in [0.3, 0.4) is 0 Å². The van der Waals surface area contributed by atoms with Crippen LogP contribution >= 0.6 is 0 Å². The molecule has 2 N–H and O–H groups in total. The highest BCUT2D eigenvalue weighted by atomic mass is 16.2. The van der Waals surface area contributed by atoms with Crippen LogP contribution in [-0.2, 0) is 14.4 Å². The molecular weight excluding hydrogens is 308 g/mol. The Morgan fingerprint density at radius 1 is 1.25 bits per heavy atom. The molecule has 0 radical (unpaired) electrons. The Morgan fingerprint density at radius 3 is 2.71 bits per heavy atom. The van der Waals surface area contributed by atoms with E-state index in [-0.39, 0.29) is 17.7 Å². The van der Waals surface area contributed by atoms with Gasteiger partial charge >= 0.3 is 0 Å². The molecule has 2 aliphatic heterocycles. The second-order valence-electron chi connectivity index (χ2n) is 6.36. The van der Waals surface area contributed by atoms with Crippen molar-refractivity contribution < 1.29 is 14.4 Å². The SMILES string of the molecule is O=C1CCC(c2ccc(NC(=O)CN3CCCCC3)cn2)C(=O)N1. The first-order valence-corrected chi connectivity index (χ1v) is 8.43. The molecule has 0 aromatic carbocycles. The van der Waals surface area contributed by atoms with E-state index >= 15 is 0 Å². The molecule has 24 heavy (non-hydrogen) atoms. The summed E-state index contributed by atoms with van der Waals surface area (Å²) in [5, 5.41) is 5.17. The Kier molecular flexibility index (Phi) is 5.20. The third-order valence-corrected chi connectivity index (χ3v) is 4.48. The van der Waals surface area contributed by atoms with Crippen molar-refractivity contribution in [2.24, 2.45) is 0 Å². The first kappa shape index (κ1) is 16.6. The van der Waals surface area contributed by atoms with E-state index in [1.54, 1.807) is 18.3 Å². The van der Waals surface area contributed by atoms with Gasteiger partial charge in [0.1, 0.15) is 0 Å². The Bertz CT molecular complexity index is 623. The number of hydrogen-bond acceptors (Lipinski definition) is 5. The zero-order valence-corrected chi connectivity index (χ0v) is 13.6. The van der Waals surface area contributed by atoms with Crippen LogP contribution in [0.1, 0.15) is 43.7 Å². The largest absolute Gasteiger partial charge is 0.324 e. The molecule has 3 heterocycles. The van der Waals surface area contributed by atoms with Gasteiger partial charge in [0.05, 0.1) is 30.0 Å². The summed E-state index contributed by atoms with van der Waals surface area (Å²) in [6.07, 6.45) is 5.90. The van der Waals surface area contributed by atoms with E-state index in [0.717, 1.165) is 25.9 Å². The van der Waals surface area contributed by atoms with Gasteiger partial charge in [-0.1, -0.05) is 6.42 Å². The maximum Gasteiger partial charge on any atom is 0.238 e. The summed E-state index contributed by atoms with van der Waals surface area (Å²) in [7, 11) is 0. The van der Waals surface area contributed by atoms with Crippen molar-refractivity contribution in [3.8, 4) is 0 Å².